The molecule has 3 heterocycles. The summed E-state index contributed by atoms with van der Waals surface area (Å²) in [7, 11) is 1.74. The summed E-state index contributed by atoms with van der Waals surface area (Å²) in [6.45, 7) is 4.61. The van der Waals surface area contributed by atoms with Gasteiger partial charge < -0.3 is 19.1 Å². The molecule has 1 spiro atoms. The highest BCUT2D eigenvalue weighted by Crippen LogP contribution is 2.42. The Morgan fingerprint density at radius 2 is 2.00 bits per heavy atom. The highest BCUT2D eigenvalue weighted by molar-refractivity contribution is 5.80. The predicted molar refractivity (Wildman–Crippen MR) is 73.4 cm³/mol. The molecule has 0 radical (unpaired) electrons. The molecule has 114 valence electrons. The van der Waals surface area contributed by atoms with E-state index in [-0.39, 0.29) is 11.5 Å². The first-order chi connectivity index (χ1) is 9.75. The molecule has 3 aliphatic rings. The van der Waals surface area contributed by atoms with E-state index in [9.17, 15) is 4.79 Å². The maximum absolute atomic E-state index is 12.4. The van der Waals surface area contributed by atoms with Crippen molar-refractivity contribution in [1.29, 1.82) is 0 Å². The molecule has 1 amide bonds. The first kappa shape index (κ1) is 14.3. The van der Waals surface area contributed by atoms with Crippen molar-refractivity contribution in [1.82, 2.24) is 4.90 Å². The van der Waals surface area contributed by atoms with Crippen molar-refractivity contribution < 1.29 is 19.0 Å². The lowest BCUT2D eigenvalue weighted by atomic mass is 9.78. The Balaban J connectivity index is 1.52. The second-order valence-electron chi connectivity index (χ2n) is 6.26. The van der Waals surface area contributed by atoms with Gasteiger partial charge in [0.25, 0.3) is 0 Å². The molecule has 3 fully saturated rings. The standard InChI is InChI=1S/C15H25NO4/c1-18-6-4-13-5-9-20-15(13)10-16(11-15)14(17)12-2-7-19-8-3-12/h12-13H,2-11H2,1H3/t13-/m0/s1. The van der Waals surface area contributed by atoms with Gasteiger partial charge in [0.05, 0.1) is 13.1 Å². The number of methoxy groups -OCH3 is 1. The molecule has 5 nitrogen and oxygen atoms in total. The molecule has 0 N–H and O–H groups in total. The highest BCUT2D eigenvalue weighted by Gasteiger charge is 2.54. The molecule has 0 aliphatic carbocycles. The number of carbonyl (C=O) groups excluding carboxylic acids is 1. The third-order valence-corrected chi connectivity index (χ3v) is 5.07. The Labute approximate surface area is 120 Å². The minimum Gasteiger partial charge on any atom is -0.385 e. The molecule has 0 unspecified atom stereocenters. The molecule has 1 atom stereocenters. The summed E-state index contributed by atoms with van der Waals surface area (Å²) in [5.74, 6) is 1.01. The predicted octanol–water partition coefficient (Wildman–Crippen LogP) is 1.07. The van der Waals surface area contributed by atoms with Crippen LogP contribution in [0.2, 0.25) is 0 Å². The van der Waals surface area contributed by atoms with Crippen LogP contribution in [0.15, 0.2) is 0 Å². The van der Waals surface area contributed by atoms with Crippen molar-refractivity contribution in [2.75, 3.05) is 46.6 Å². The van der Waals surface area contributed by atoms with E-state index in [1.165, 1.54) is 0 Å². The van der Waals surface area contributed by atoms with Gasteiger partial charge in [-0.2, -0.15) is 0 Å². The van der Waals surface area contributed by atoms with Crippen LogP contribution >= 0.6 is 0 Å². The lowest BCUT2D eigenvalue weighted by Gasteiger charge is -2.51. The zero-order valence-corrected chi connectivity index (χ0v) is 12.3. The second-order valence-corrected chi connectivity index (χ2v) is 6.26. The zero-order valence-electron chi connectivity index (χ0n) is 12.3. The summed E-state index contributed by atoms with van der Waals surface area (Å²) in [6.07, 6.45) is 3.88. The molecule has 3 saturated heterocycles. The second kappa shape index (κ2) is 6.00. The fraction of sp³-hybridized carbons (Fsp3) is 0.933. The van der Waals surface area contributed by atoms with Gasteiger partial charge in [0.2, 0.25) is 5.91 Å². The van der Waals surface area contributed by atoms with Crippen LogP contribution in [0.4, 0.5) is 0 Å². The zero-order chi connectivity index (χ0) is 14.0. The van der Waals surface area contributed by atoms with Crippen molar-refractivity contribution in [3.05, 3.63) is 0 Å². The molecule has 20 heavy (non-hydrogen) atoms. The molecule has 0 bridgehead atoms. The summed E-state index contributed by atoms with van der Waals surface area (Å²) in [4.78, 5) is 14.4. The largest absolute Gasteiger partial charge is 0.385 e. The molecular formula is C15H25NO4. The van der Waals surface area contributed by atoms with Crippen LogP contribution in [-0.4, -0.2) is 63.0 Å². The van der Waals surface area contributed by atoms with Crippen molar-refractivity contribution >= 4 is 5.91 Å². The van der Waals surface area contributed by atoms with Crippen LogP contribution in [0.3, 0.4) is 0 Å². The number of likely N-dealkylation sites (tertiary alicyclic amines) is 1. The van der Waals surface area contributed by atoms with Crippen LogP contribution in [0.25, 0.3) is 0 Å². The maximum Gasteiger partial charge on any atom is 0.226 e. The average Bonchev–Trinajstić information content (AvgIpc) is 2.87. The first-order valence-electron chi connectivity index (χ1n) is 7.74. The SMILES string of the molecule is COCC[C@H]1CCOC12CN(C(=O)C1CCOCC1)C2. The summed E-state index contributed by atoms with van der Waals surface area (Å²) < 4.78 is 16.5. The molecule has 0 aromatic rings. The number of hydrogen-bond acceptors (Lipinski definition) is 4. The van der Waals surface area contributed by atoms with E-state index < -0.39 is 0 Å². The van der Waals surface area contributed by atoms with Gasteiger partial charge in [-0.25, -0.2) is 0 Å². The van der Waals surface area contributed by atoms with Gasteiger partial charge in [0.1, 0.15) is 5.60 Å². The van der Waals surface area contributed by atoms with E-state index >= 15 is 0 Å². The average molecular weight is 283 g/mol. The smallest absolute Gasteiger partial charge is 0.226 e. The molecule has 3 rings (SSSR count). The summed E-state index contributed by atoms with van der Waals surface area (Å²) in [5.41, 5.74) is -0.0701. The van der Waals surface area contributed by atoms with E-state index in [1.807, 2.05) is 4.90 Å². The van der Waals surface area contributed by atoms with E-state index in [0.717, 1.165) is 65.2 Å². The van der Waals surface area contributed by atoms with Crippen LogP contribution in [0.5, 0.6) is 0 Å². The first-order valence-corrected chi connectivity index (χ1v) is 7.74. The molecule has 0 aromatic heterocycles. The minimum atomic E-state index is -0.0701. The monoisotopic (exact) mass is 283 g/mol. The number of ether oxygens (including phenoxy) is 3. The van der Waals surface area contributed by atoms with Crippen molar-refractivity contribution in [3.63, 3.8) is 0 Å². The number of hydrogen-bond donors (Lipinski definition) is 0. The quantitative estimate of drug-likeness (QED) is 0.774. The van der Waals surface area contributed by atoms with Gasteiger partial charge in [-0.05, 0) is 31.6 Å². The van der Waals surface area contributed by atoms with Crippen LogP contribution < -0.4 is 0 Å². The Morgan fingerprint density at radius 1 is 1.25 bits per heavy atom. The molecule has 5 heteroatoms. The van der Waals surface area contributed by atoms with Crippen LogP contribution in [-0.2, 0) is 19.0 Å². The van der Waals surface area contributed by atoms with Gasteiger partial charge in [0.15, 0.2) is 0 Å². The topological polar surface area (TPSA) is 48.0 Å². The van der Waals surface area contributed by atoms with Crippen LogP contribution in [0, 0.1) is 11.8 Å². The lowest BCUT2D eigenvalue weighted by molar-refractivity contribution is -0.172. The summed E-state index contributed by atoms with van der Waals surface area (Å²) >= 11 is 0. The Bertz CT molecular complexity index is 348. The maximum atomic E-state index is 12.4. The van der Waals surface area contributed by atoms with Gasteiger partial charge >= 0.3 is 0 Å². The van der Waals surface area contributed by atoms with E-state index in [4.69, 9.17) is 14.2 Å². The number of amides is 1. The van der Waals surface area contributed by atoms with Crippen molar-refractivity contribution in [2.45, 2.75) is 31.3 Å². The molecule has 0 aromatic carbocycles. The number of nitrogens with zero attached hydrogens (tertiary/aromatic N) is 1. The Morgan fingerprint density at radius 3 is 2.70 bits per heavy atom. The van der Waals surface area contributed by atoms with E-state index in [1.54, 1.807) is 7.11 Å². The fourth-order valence-corrected chi connectivity index (χ4v) is 3.76. The fourth-order valence-electron chi connectivity index (χ4n) is 3.76. The molecular weight excluding hydrogens is 258 g/mol. The van der Waals surface area contributed by atoms with Gasteiger partial charge in [0, 0.05) is 39.5 Å². The van der Waals surface area contributed by atoms with Gasteiger partial charge in [-0.3, -0.25) is 4.79 Å². The Hall–Kier alpha value is -0.650. The van der Waals surface area contributed by atoms with Crippen molar-refractivity contribution in [2.24, 2.45) is 11.8 Å². The van der Waals surface area contributed by atoms with Crippen molar-refractivity contribution in [3.8, 4) is 0 Å². The van der Waals surface area contributed by atoms with E-state index in [2.05, 4.69) is 0 Å². The van der Waals surface area contributed by atoms with Gasteiger partial charge in [-0.15, -0.1) is 0 Å². The Kier molecular flexibility index (Phi) is 4.29. The molecule has 3 aliphatic heterocycles. The van der Waals surface area contributed by atoms with Crippen LogP contribution in [0.1, 0.15) is 25.7 Å². The number of carbonyl (C=O) groups is 1. The van der Waals surface area contributed by atoms with Gasteiger partial charge in [-0.1, -0.05) is 0 Å². The van der Waals surface area contributed by atoms with E-state index in [0.29, 0.717) is 11.8 Å². The summed E-state index contributed by atoms with van der Waals surface area (Å²) in [5, 5.41) is 0. The molecule has 0 saturated carbocycles. The third kappa shape index (κ3) is 2.59. The normalized spacial score (nSPS) is 29.6. The number of rotatable bonds is 4. The highest BCUT2D eigenvalue weighted by atomic mass is 16.5. The summed E-state index contributed by atoms with van der Waals surface area (Å²) in [6, 6.07) is 0. The third-order valence-electron chi connectivity index (χ3n) is 5.07. The lowest BCUT2D eigenvalue weighted by Crippen LogP contribution is -2.67. The minimum absolute atomic E-state index is 0.0701.